The third-order valence-electron chi connectivity index (χ3n) is 2.03. The average molecular weight is 247 g/mol. The maximum Gasteiger partial charge on any atom is 0.257 e. The summed E-state index contributed by atoms with van der Waals surface area (Å²) in [6.07, 6.45) is 2.21. The maximum absolute atomic E-state index is 11.7. The molecule has 0 unspecified atom stereocenters. The first-order valence-corrected chi connectivity index (χ1v) is 5.68. The Bertz CT molecular complexity index is 508. The zero-order chi connectivity index (χ0) is 12.1. The van der Waals surface area contributed by atoms with Crippen LogP contribution in [0.15, 0.2) is 35.8 Å². The summed E-state index contributed by atoms with van der Waals surface area (Å²) in [4.78, 5) is 25.9. The minimum Gasteiger partial charge on any atom is -0.329 e. The minimum atomic E-state index is -0.224. The summed E-state index contributed by atoms with van der Waals surface area (Å²) in [7, 11) is 0. The number of carbonyl (C=O) groups is 2. The highest BCUT2D eigenvalue weighted by Gasteiger charge is 2.06. The number of aromatic nitrogens is 1. The lowest BCUT2D eigenvalue weighted by atomic mass is 10.2. The van der Waals surface area contributed by atoms with E-state index >= 15 is 0 Å². The number of nitrogens with one attached hydrogen (secondary N) is 2. The van der Waals surface area contributed by atoms with Gasteiger partial charge in [0.25, 0.3) is 5.91 Å². The molecular formula is C11H9N3O2S. The quantitative estimate of drug-likeness (QED) is 0.811. The van der Waals surface area contributed by atoms with Crippen LogP contribution in [0.3, 0.4) is 0 Å². The highest BCUT2D eigenvalue weighted by molar-refractivity contribution is 7.13. The summed E-state index contributed by atoms with van der Waals surface area (Å²) in [5.74, 6) is -0.224. The van der Waals surface area contributed by atoms with Crippen molar-refractivity contribution in [2.45, 2.75) is 0 Å². The van der Waals surface area contributed by atoms with Gasteiger partial charge in [-0.05, 0) is 24.3 Å². The molecule has 2 amide bonds. The lowest BCUT2D eigenvalue weighted by Gasteiger charge is -2.03. The van der Waals surface area contributed by atoms with Crippen LogP contribution in [0.5, 0.6) is 0 Å². The van der Waals surface area contributed by atoms with Crippen LogP contribution in [-0.2, 0) is 4.79 Å². The molecule has 2 rings (SSSR count). The Kier molecular flexibility index (Phi) is 3.46. The number of thiazole rings is 1. The summed E-state index contributed by atoms with van der Waals surface area (Å²) in [5, 5.41) is 7.51. The highest BCUT2D eigenvalue weighted by atomic mass is 32.1. The topological polar surface area (TPSA) is 71.1 Å². The Hall–Kier alpha value is -2.21. The first-order chi connectivity index (χ1) is 8.29. The van der Waals surface area contributed by atoms with Crippen LogP contribution < -0.4 is 10.6 Å². The standard InChI is InChI=1S/C11H9N3O2S/c15-7-13-9-3-1-8(2-4-9)10(16)14-11-12-5-6-17-11/h1-7H,(H,13,15)(H,12,14,16). The number of hydrogen-bond donors (Lipinski definition) is 2. The fourth-order valence-electron chi connectivity index (χ4n) is 1.24. The monoisotopic (exact) mass is 247 g/mol. The van der Waals surface area contributed by atoms with E-state index in [1.165, 1.54) is 11.3 Å². The van der Waals surface area contributed by atoms with Gasteiger partial charge in [0, 0.05) is 22.8 Å². The Morgan fingerprint density at radius 2 is 2.06 bits per heavy atom. The van der Waals surface area contributed by atoms with E-state index in [0.29, 0.717) is 22.8 Å². The molecule has 17 heavy (non-hydrogen) atoms. The number of hydrogen-bond acceptors (Lipinski definition) is 4. The SMILES string of the molecule is O=CNc1ccc(C(=O)Nc2nccs2)cc1. The number of nitrogens with zero attached hydrogens (tertiary/aromatic N) is 1. The van der Waals surface area contributed by atoms with E-state index in [-0.39, 0.29) is 5.91 Å². The predicted molar refractivity (Wildman–Crippen MR) is 66.2 cm³/mol. The van der Waals surface area contributed by atoms with E-state index in [1.807, 2.05) is 0 Å². The van der Waals surface area contributed by atoms with Crippen molar-refractivity contribution in [2.75, 3.05) is 10.6 Å². The van der Waals surface area contributed by atoms with Gasteiger partial charge in [-0.25, -0.2) is 4.98 Å². The van der Waals surface area contributed by atoms with Gasteiger partial charge < -0.3 is 5.32 Å². The van der Waals surface area contributed by atoms with Crippen molar-refractivity contribution in [3.63, 3.8) is 0 Å². The predicted octanol–water partition coefficient (Wildman–Crippen LogP) is 1.96. The molecule has 0 bridgehead atoms. The van der Waals surface area contributed by atoms with E-state index < -0.39 is 0 Å². The van der Waals surface area contributed by atoms with Gasteiger partial charge in [-0.3, -0.25) is 14.9 Å². The molecule has 0 radical (unpaired) electrons. The van der Waals surface area contributed by atoms with Crippen LogP contribution in [-0.4, -0.2) is 17.3 Å². The van der Waals surface area contributed by atoms with E-state index in [1.54, 1.807) is 35.8 Å². The lowest BCUT2D eigenvalue weighted by molar-refractivity contribution is -0.105. The van der Waals surface area contributed by atoms with E-state index in [4.69, 9.17) is 0 Å². The normalized spacial score (nSPS) is 9.65. The maximum atomic E-state index is 11.7. The van der Waals surface area contributed by atoms with Crippen LogP contribution in [0.4, 0.5) is 10.8 Å². The Labute approximate surface area is 102 Å². The van der Waals surface area contributed by atoms with Crippen molar-refractivity contribution >= 4 is 34.5 Å². The molecule has 0 fully saturated rings. The smallest absolute Gasteiger partial charge is 0.257 e. The van der Waals surface area contributed by atoms with Gasteiger partial charge in [-0.15, -0.1) is 11.3 Å². The first kappa shape index (κ1) is 11.3. The van der Waals surface area contributed by atoms with Crippen LogP contribution in [0.25, 0.3) is 0 Å². The van der Waals surface area contributed by atoms with Gasteiger partial charge >= 0.3 is 0 Å². The molecule has 0 aliphatic carbocycles. The van der Waals surface area contributed by atoms with Crippen LogP contribution in [0.2, 0.25) is 0 Å². The number of carbonyl (C=O) groups excluding carboxylic acids is 2. The molecule has 2 N–H and O–H groups in total. The summed E-state index contributed by atoms with van der Waals surface area (Å²) in [6.45, 7) is 0. The molecule has 0 aliphatic rings. The van der Waals surface area contributed by atoms with E-state index in [2.05, 4.69) is 15.6 Å². The molecule has 0 saturated heterocycles. The van der Waals surface area contributed by atoms with Crippen molar-refractivity contribution in [1.29, 1.82) is 0 Å². The van der Waals surface area contributed by atoms with Crippen LogP contribution in [0.1, 0.15) is 10.4 Å². The molecule has 1 aromatic carbocycles. The lowest BCUT2D eigenvalue weighted by Crippen LogP contribution is -2.11. The number of amides is 2. The molecule has 0 saturated carbocycles. The number of rotatable bonds is 4. The number of anilines is 2. The Morgan fingerprint density at radius 1 is 1.29 bits per heavy atom. The second kappa shape index (κ2) is 5.22. The summed E-state index contributed by atoms with van der Waals surface area (Å²) in [5.41, 5.74) is 1.16. The molecule has 5 nitrogen and oxygen atoms in total. The van der Waals surface area contributed by atoms with Gasteiger partial charge in [0.15, 0.2) is 5.13 Å². The van der Waals surface area contributed by atoms with Crippen LogP contribution >= 0.6 is 11.3 Å². The fraction of sp³-hybridized carbons (Fsp3) is 0. The molecule has 1 heterocycles. The Morgan fingerprint density at radius 3 is 2.65 bits per heavy atom. The Balaban J connectivity index is 2.06. The highest BCUT2D eigenvalue weighted by Crippen LogP contribution is 2.13. The van der Waals surface area contributed by atoms with E-state index in [0.717, 1.165) is 0 Å². The van der Waals surface area contributed by atoms with Crippen molar-refractivity contribution in [3.8, 4) is 0 Å². The first-order valence-electron chi connectivity index (χ1n) is 4.80. The van der Waals surface area contributed by atoms with Gasteiger partial charge in [0.2, 0.25) is 6.41 Å². The minimum absolute atomic E-state index is 0.224. The van der Waals surface area contributed by atoms with Gasteiger partial charge in [0.1, 0.15) is 0 Å². The van der Waals surface area contributed by atoms with Crippen molar-refractivity contribution < 1.29 is 9.59 Å². The molecule has 2 aromatic rings. The summed E-state index contributed by atoms with van der Waals surface area (Å²) < 4.78 is 0. The molecule has 6 heteroatoms. The van der Waals surface area contributed by atoms with Crippen LogP contribution in [0, 0.1) is 0 Å². The second-order valence-electron chi connectivity index (χ2n) is 3.13. The molecule has 0 atom stereocenters. The van der Waals surface area contributed by atoms with E-state index in [9.17, 15) is 9.59 Å². The zero-order valence-corrected chi connectivity index (χ0v) is 9.53. The zero-order valence-electron chi connectivity index (χ0n) is 8.71. The van der Waals surface area contributed by atoms with Gasteiger partial charge in [-0.1, -0.05) is 0 Å². The summed E-state index contributed by atoms with van der Waals surface area (Å²) in [6, 6.07) is 6.58. The van der Waals surface area contributed by atoms with Crippen molar-refractivity contribution in [1.82, 2.24) is 4.98 Å². The molecule has 0 spiro atoms. The third kappa shape index (κ3) is 2.88. The molecule has 1 aromatic heterocycles. The van der Waals surface area contributed by atoms with Crippen molar-refractivity contribution in [3.05, 3.63) is 41.4 Å². The summed E-state index contributed by atoms with van der Waals surface area (Å²) >= 11 is 1.36. The third-order valence-corrected chi connectivity index (χ3v) is 2.71. The molecular weight excluding hydrogens is 238 g/mol. The van der Waals surface area contributed by atoms with Gasteiger partial charge in [0.05, 0.1) is 0 Å². The number of benzene rings is 1. The van der Waals surface area contributed by atoms with Gasteiger partial charge in [-0.2, -0.15) is 0 Å². The second-order valence-corrected chi connectivity index (χ2v) is 4.03. The molecule has 0 aliphatic heterocycles. The average Bonchev–Trinajstić information content (AvgIpc) is 2.83. The fourth-order valence-corrected chi connectivity index (χ4v) is 1.76. The van der Waals surface area contributed by atoms with Crippen molar-refractivity contribution in [2.24, 2.45) is 0 Å². The molecule has 86 valence electrons. The largest absolute Gasteiger partial charge is 0.329 e.